The van der Waals surface area contributed by atoms with E-state index in [9.17, 15) is 27.2 Å². The smallest absolute Gasteiger partial charge is 0.416 e. The Morgan fingerprint density at radius 3 is 2.30 bits per heavy atom. The molecule has 27 heavy (non-hydrogen) atoms. The van der Waals surface area contributed by atoms with Gasteiger partial charge in [-0.1, -0.05) is 12.1 Å². The van der Waals surface area contributed by atoms with Gasteiger partial charge in [0.25, 0.3) is 5.91 Å². The van der Waals surface area contributed by atoms with Gasteiger partial charge in [0.2, 0.25) is 5.91 Å². The van der Waals surface area contributed by atoms with E-state index in [0.717, 1.165) is 18.2 Å². The molecule has 2 amide bonds. The molecule has 144 valence electrons. The molecule has 0 aromatic heterocycles. The highest BCUT2D eigenvalue weighted by molar-refractivity contribution is 5.97. The second-order valence-corrected chi connectivity index (χ2v) is 5.73. The Kier molecular flexibility index (Phi) is 6.04. The van der Waals surface area contributed by atoms with Crippen molar-refractivity contribution in [2.24, 2.45) is 5.73 Å². The largest absolute Gasteiger partial charge is 0.486 e. The van der Waals surface area contributed by atoms with E-state index in [4.69, 9.17) is 10.5 Å². The lowest BCUT2D eigenvalue weighted by molar-refractivity contribution is -0.137. The lowest BCUT2D eigenvalue weighted by Crippen LogP contribution is -2.42. The van der Waals surface area contributed by atoms with Crippen LogP contribution in [0.5, 0.6) is 5.75 Å². The molecule has 0 heterocycles. The second-order valence-electron chi connectivity index (χ2n) is 5.73. The van der Waals surface area contributed by atoms with Gasteiger partial charge in [-0.15, -0.1) is 0 Å². The summed E-state index contributed by atoms with van der Waals surface area (Å²) in [5.74, 6) is -2.43. The molecule has 1 atom stereocenters. The highest BCUT2D eigenvalue weighted by atomic mass is 19.4. The van der Waals surface area contributed by atoms with Gasteiger partial charge >= 0.3 is 6.18 Å². The van der Waals surface area contributed by atoms with Crippen molar-refractivity contribution in [1.29, 1.82) is 0 Å². The number of halogens is 4. The molecule has 2 rings (SSSR count). The van der Waals surface area contributed by atoms with Gasteiger partial charge < -0.3 is 15.8 Å². The van der Waals surface area contributed by atoms with E-state index >= 15 is 0 Å². The fourth-order valence-electron chi connectivity index (χ4n) is 2.06. The summed E-state index contributed by atoms with van der Waals surface area (Å²) < 4.78 is 56.9. The van der Waals surface area contributed by atoms with Gasteiger partial charge in [-0.2, -0.15) is 13.2 Å². The van der Waals surface area contributed by atoms with E-state index in [-0.39, 0.29) is 17.9 Å². The molecular formula is C18H16F4N2O3. The summed E-state index contributed by atoms with van der Waals surface area (Å²) in [6, 6.07) is 6.77. The molecule has 0 saturated carbocycles. The lowest BCUT2D eigenvalue weighted by Gasteiger charge is -2.12. The van der Waals surface area contributed by atoms with Gasteiger partial charge in [-0.3, -0.25) is 9.59 Å². The van der Waals surface area contributed by atoms with Crippen LogP contribution in [0.2, 0.25) is 0 Å². The van der Waals surface area contributed by atoms with Gasteiger partial charge in [0.05, 0.1) is 5.56 Å². The molecule has 9 heteroatoms. The van der Waals surface area contributed by atoms with Crippen molar-refractivity contribution >= 4 is 11.8 Å². The first-order valence-electron chi connectivity index (χ1n) is 7.76. The third kappa shape index (κ3) is 5.44. The number of hydrogen-bond donors (Lipinski definition) is 2. The minimum Gasteiger partial charge on any atom is -0.486 e. The van der Waals surface area contributed by atoms with Crippen molar-refractivity contribution in [3.8, 4) is 5.75 Å². The maximum atomic E-state index is 14.1. The summed E-state index contributed by atoms with van der Waals surface area (Å²) in [5, 5.41) is 2.30. The van der Waals surface area contributed by atoms with Crippen LogP contribution in [0.4, 0.5) is 17.6 Å². The fourth-order valence-corrected chi connectivity index (χ4v) is 2.06. The molecule has 2 aromatic carbocycles. The van der Waals surface area contributed by atoms with Crippen LogP contribution in [0.15, 0.2) is 42.5 Å². The quantitative estimate of drug-likeness (QED) is 0.752. The number of alkyl halides is 3. The van der Waals surface area contributed by atoms with Crippen molar-refractivity contribution in [3.63, 3.8) is 0 Å². The summed E-state index contributed by atoms with van der Waals surface area (Å²) in [7, 11) is 0. The van der Waals surface area contributed by atoms with E-state index in [1.165, 1.54) is 31.2 Å². The standard InChI is InChI=1S/C18H16F4N2O3/c1-10(16(23)25)24-17(26)12-4-7-15(14(19)8-12)27-9-11-2-5-13(6-3-11)18(20,21)22/h2-8,10H,9H2,1H3,(H2,23,25)(H,24,26)/t10-/m0/s1. The summed E-state index contributed by atoms with van der Waals surface area (Å²) in [6.45, 7) is 1.23. The van der Waals surface area contributed by atoms with Crippen molar-refractivity contribution in [2.75, 3.05) is 0 Å². The van der Waals surface area contributed by atoms with Crippen LogP contribution in [-0.2, 0) is 17.6 Å². The minimum absolute atomic E-state index is 0.0394. The molecule has 0 bridgehead atoms. The number of carbonyl (C=O) groups is 2. The zero-order chi connectivity index (χ0) is 20.2. The van der Waals surface area contributed by atoms with Crippen molar-refractivity contribution in [1.82, 2.24) is 5.32 Å². The summed E-state index contributed by atoms with van der Waals surface area (Å²) in [4.78, 5) is 22.8. The molecule has 0 aliphatic heterocycles. The minimum atomic E-state index is -4.44. The predicted molar refractivity (Wildman–Crippen MR) is 88.3 cm³/mol. The molecular weight excluding hydrogens is 368 g/mol. The normalized spacial score (nSPS) is 12.3. The number of hydrogen-bond acceptors (Lipinski definition) is 3. The van der Waals surface area contributed by atoms with E-state index in [1.54, 1.807) is 0 Å². The summed E-state index contributed by atoms with van der Waals surface area (Å²) in [6.07, 6.45) is -4.44. The first kappa shape index (κ1) is 20.2. The molecule has 0 unspecified atom stereocenters. The van der Waals surface area contributed by atoms with Gasteiger partial charge in [-0.25, -0.2) is 4.39 Å². The predicted octanol–water partition coefficient (Wildman–Crippen LogP) is 3.03. The number of benzene rings is 2. The number of carbonyl (C=O) groups excluding carboxylic acids is 2. The number of amides is 2. The summed E-state index contributed by atoms with van der Waals surface area (Å²) in [5.41, 5.74) is 4.62. The zero-order valence-electron chi connectivity index (χ0n) is 14.1. The second kappa shape index (κ2) is 8.07. The maximum absolute atomic E-state index is 14.1. The van der Waals surface area contributed by atoms with Crippen LogP contribution in [0.1, 0.15) is 28.4 Å². The lowest BCUT2D eigenvalue weighted by atomic mass is 10.1. The van der Waals surface area contributed by atoms with E-state index in [1.807, 2.05) is 0 Å². The molecule has 0 radical (unpaired) electrons. The van der Waals surface area contributed by atoms with Crippen LogP contribution >= 0.6 is 0 Å². The van der Waals surface area contributed by atoms with Gasteiger partial charge in [-0.05, 0) is 42.8 Å². The Hall–Kier alpha value is -3.10. The van der Waals surface area contributed by atoms with Crippen LogP contribution < -0.4 is 15.8 Å². The SMILES string of the molecule is C[C@H](NC(=O)c1ccc(OCc2ccc(C(F)(F)F)cc2)c(F)c1)C(N)=O. The summed E-state index contributed by atoms with van der Waals surface area (Å²) >= 11 is 0. The number of nitrogens with two attached hydrogens (primary N) is 1. The first-order chi connectivity index (χ1) is 12.6. The zero-order valence-corrected chi connectivity index (χ0v) is 14.1. The molecule has 2 aromatic rings. The van der Waals surface area contributed by atoms with Crippen LogP contribution in [0.3, 0.4) is 0 Å². The number of rotatable bonds is 6. The Bertz CT molecular complexity index is 835. The molecule has 0 aliphatic rings. The van der Waals surface area contributed by atoms with Crippen LogP contribution in [0, 0.1) is 5.82 Å². The molecule has 3 N–H and O–H groups in total. The Morgan fingerprint density at radius 1 is 1.15 bits per heavy atom. The maximum Gasteiger partial charge on any atom is 0.416 e. The highest BCUT2D eigenvalue weighted by Crippen LogP contribution is 2.29. The Morgan fingerprint density at radius 2 is 1.78 bits per heavy atom. The Labute approximate surface area is 152 Å². The van der Waals surface area contributed by atoms with E-state index in [0.29, 0.717) is 5.56 Å². The van der Waals surface area contributed by atoms with Gasteiger partial charge in [0.15, 0.2) is 11.6 Å². The average Bonchev–Trinajstić information content (AvgIpc) is 2.60. The van der Waals surface area contributed by atoms with Crippen molar-refractivity contribution < 1.29 is 31.9 Å². The molecule has 0 fully saturated rings. The molecule has 0 aliphatic carbocycles. The van der Waals surface area contributed by atoms with Crippen molar-refractivity contribution in [2.45, 2.75) is 25.7 Å². The molecule has 0 saturated heterocycles. The highest BCUT2D eigenvalue weighted by Gasteiger charge is 2.29. The van der Waals surface area contributed by atoms with E-state index < -0.39 is 35.4 Å². The monoisotopic (exact) mass is 384 g/mol. The van der Waals surface area contributed by atoms with Gasteiger partial charge in [0.1, 0.15) is 12.6 Å². The molecule has 5 nitrogen and oxygen atoms in total. The average molecular weight is 384 g/mol. The van der Waals surface area contributed by atoms with Crippen LogP contribution in [0.25, 0.3) is 0 Å². The van der Waals surface area contributed by atoms with Gasteiger partial charge in [0, 0.05) is 5.56 Å². The number of nitrogens with one attached hydrogen (secondary N) is 1. The topological polar surface area (TPSA) is 81.4 Å². The van der Waals surface area contributed by atoms with Crippen LogP contribution in [-0.4, -0.2) is 17.9 Å². The van der Waals surface area contributed by atoms with Crippen molar-refractivity contribution in [3.05, 3.63) is 65.0 Å². The third-order valence-corrected chi connectivity index (χ3v) is 3.64. The number of ether oxygens (including phenoxy) is 1. The third-order valence-electron chi connectivity index (χ3n) is 3.64. The number of primary amides is 1. The van der Waals surface area contributed by atoms with E-state index in [2.05, 4.69) is 5.32 Å². The fraction of sp³-hybridized carbons (Fsp3) is 0.222. The Balaban J connectivity index is 2.02. The molecule has 0 spiro atoms. The first-order valence-corrected chi connectivity index (χ1v) is 7.76.